The third-order valence-electron chi connectivity index (χ3n) is 2.10. The van der Waals surface area contributed by atoms with Crippen molar-refractivity contribution in [1.29, 1.82) is 0 Å². The second-order valence-electron chi connectivity index (χ2n) is 3.74. The van der Waals surface area contributed by atoms with Crippen molar-refractivity contribution in [2.24, 2.45) is 5.73 Å². The van der Waals surface area contributed by atoms with Crippen molar-refractivity contribution in [3.8, 4) is 5.75 Å². The molecule has 1 amide bonds. The molecule has 0 aliphatic heterocycles. The fraction of sp³-hybridized carbons (Fsp3) is 0.417. The van der Waals surface area contributed by atoms with Crippen molar-refractivity contribution in [2.45, 2.75) is 19.4 Å². The van der Waals surface area contributed by atoms with Crippen LogP contribution in [0.4, 0.5) is 0 Å². The van der Waals surface area contributed by atoms with Crippen molar-refractivity contribution < 1.29 is 9.53 Å². The molecule has 0 radical (unpaired) electrons. The summed E-state index contributed by atoms with van der Waals surface area (Å²) in [6, 6.07) is 6.74. The zero-order chi connectivity index (χ0) is 12.7. The molecule has 5 heteroatoms. The van der Waals surface area contributed by atoms with Gasteiger partial charge in [-0.05, 0) is 31.5 Å². The topological polar surface area (TPSA) is 64.4 Å². The number of rotatable bonds is 6. The van der Waals surface area contributed by atoms with Crippen LogP contribution in [0, 0.1) is 0 Å². The van der Waals surface area contributed by atoms with Gasteiger partial charge in [-0.15, -0.1) is 0 Å². The van der Waals surface area contributed by atoms with Crippen LogP contribution in [0.5, 0.6) is 5.75 Å². The smallest absolute Gasteiger partial charge is 0.236 e. The molecule has 17 heavy (non-hydrogen) atoms. The highest BCUT2D eigenvalue weighted by molar-refractivity contribution is 6.30. The predicted molar refractivity (Wildman–Crippen MR) is 68.2 cm³/mol. The van der Waals surface area contributed by atoms with Crippen LogP contribution in [0.15, 0.2) is 24.3 Å². The van der Waals surface area contributed by atoms with Gasteiger partial charge in [-0.2, -0.15) is 0 Å². The van der Waals surface area contributed by atoms with E-state index in [1.807, 2.05) is 12.1 Å². The van der Waals surface area contributed by atoms with Crippen LogP contribution >= 0.6 is 11.6 Å². The minimum absolute atomic E-state index is 0.146. The predicted octanol–water partition coefficient (Wildman–Crippen LogP) is 1.57. The third-order valence-corrected chi connectivity index (χ3v) is 2.33. The molecule has 0 aliphatic carbocycles. The largest absolute Gasteiger partial charge is 0.493 e. The number of hydrogen-bond acceptors (Lipinski definition) is 3. The van der Waals surface area contributed by atoms with Crippen LogP contribution < -0.4 is 15.8 Å². The van der Waals surface area contributed by atoms with E-state index in [1.54, 1.807) is 19.1 Å². The Hall–Kier alpha value is -1.26. The number of hydrogen-bond donors (Lipinski definition) is 2. The molecule has 0 aliphatic rings. The van der Waals surface area contributed by atoms with Gasteiger partial charge < -0.3 is 15.8 Å². The van der Waals surface area contributed by atoms with Crippen LogP contribution in [-0.4, -0.2) is 25.1 Å². The second kappa shape index (κ2) is 7.14. The summed E-state index contributed by atoms with van der Waals surface area (Å²) in [4.78, 5) is 11.1. The lowest BCUT2D eigenvalue weighted by atomic mass is 10.3. The maximum absolute atomic E-state index is 11.1. The fourth-order valence-corrected chi connectivity index (χ4v) is 1.37. The molecular formula is C12H17ClN2O2. The van der Waals surface area contributed by atoms with E-state index in [0.29, 0.717) is 18.2 Å². The molecule has 1 atom stereocenters. The Labute approximate surface area is 106 Å². The fourth-order valence-electron chi connectivity index (χ4n) is 1.19. The Morgan fingerprint density at radius 2 is 2.35 bits per heavy atom. The molecule has 0 spiro atoms. The molecule has 3 N–H and O–H groups in total. The van der Waals surface area contributed by atoms with E-state index in [2.05, 4.69) is 5.32 Å². The normalized spacial score (nSPS) is 11.9. The van der Waals surface area contributed by atoms with Gasteiger partial charge in [0.1, 0.15) is 5.75 Å². The van der Waals surface area contributed by atoms with Gasteiger partial charge in [0.15, 0.2) is 0 Å². The number of nitrogens with one attached hydrogen (secondary N) is 1. The molecular weight excluding hydrogens is 240 g/mol. The van der Waals surface area contributed by atoms with Gasteiger partial charge in [0.2, 0.25) is 5.91 Å². The quantitative estimate of drug-likeness (QED) is 0.760. The SMILES string of the molecule is CC(N)C(=O)NCCCOc1cccc(Cl)c1. The van der Waals surface area contributed by atoms with E-state index in [0.717, 1.165) is 12.2 Å². The molecule has 94 valence electrons. The summed E-state index contributed by atoms with van der Waals surface area (Å²) in [5, 5.41) is 3.36. The maximum atomic E-state index is 11.1. The minimum atomic E-state index is -0.469. The Balaban J connectivity index is 2.14. The Morgan fingerprint density at radius 1 is 1.59 bits per heavy atom. The average molecular weight is 257 g/mol. The first-order valence-electron chi connectivity index (χ1n) is 5.51. The number of nitrogens with two attached hydrogens (primary N) is 1. The van der Waals surface area contributed by atoms with E-state index in [4.69, 9.17) is 22.1 Å². The molecule has 4 nitrogen and oxygen atoms in total. The molecule has 0 bridgehead atoms. The van der Waals surface area contributed by atoms with Crippen LogP contribution in [0.1, 0.15) is 13.3 Å². The van der Waals surface area contributed by atoms with Crippen LogP contribution in [0.25, 0.3) is 0 Å². The molecule has 0 fully saturated rings. The summed E-state index contributed by atoms with van der Waals surface area (Å²) in [5.74, 6) is 0.587. The molecule has 0 heterocycles. The van der Waals surface area contributed by atoms with Crippen molar-refractivity contribution in [2.75, 3.05) is 13.2 Å². The Bertz CT molecular complexity index is 369. The van der Waals surface area contributed by atoms with Crippen LogP contribution in [0.2, 0.25) is 5.02 Å². The number of ether oxygens (including phenoxy) is 1. The van der Waals surface area contributed by atoms with E-state index < -0.39 is 6.04 Å². The lowest BCUT2D eigenvalue weighted by Gasteiger charge is -2.09. The van der Waals surface area contributed by atoms with Gasteiger partial charge in [0.25, 0.3) is 0 Å². The first-order valence-corrected chi connectivity index (χ1v) is 5.89. The van der Waals surface area contributed by atoms with E-state index in [1.165, 1.54) is 0 Å². The third kappa shape index (κ3) is 5.56. The highest BCUT2D eigenvalue weighted by Gasteiger charge is 2.05. The van der Waals surface area contributed by atoms with Crippen molar-refractivity contribution in [1.82, 2.24) is 5.32 Å². The lowest BCUT2D eigenvalue weighted by Crippen LogP contribution is -2.38. The van der Waals surface area contributed by atoms with Gasteiger partial charge in [-0.1, -0.05) is 17.7 Å². The summed E-state index contributed by atoms with van der Waals surface area (Å²) in [5.41, 5.74) is 5.40. The van der Waals surface area contributed by atoms with Gasteiger partial charge in [-0.3, -0.25) is 4.79 Å². The number of carbonyl (C=O) groups is 1. The molecule has 0 saturated heterocycles. The monoisotopic (exact) mass is 256 g/mol. The number of halogens is 1. The minimum Gasteiger partial charge on any atom is -0.493 e. The summed E-state index contributed by atoms with van der Waals surface area (Å²) in [6.07, 6.45) is 0.727. The molecule has 1 rings (SSSR count). The van der Waals surface area contributed by atoms with Crippen LogP contribution in [-0.2, 0) is 4.79 Å². The van der Waals surface area contributed by atoms with E-state index in [9.17, 15) is 4.79 Å². The Morgan fingerprint density at radius 3 is 3.00 bits per heavy atom. The van der Waals surface area contributed by atoms with Crippen molar-refractivity contribution in [3.63, 3.8) is 0 Å². The van der Waals surface area contributed by atoms with Gasteiger partial charge in [0, 0.05) is 11.6 Å². The molecule has 0 aromatic heterocycles. The molecule has 1 aromatic rings. The summed E-state index contributed by atoms with van der Waals surface area (Å²) in [6.45, 7) is 2.73. The number of carbonyl (C=O) groups excluding carboxylic acids is 1. The van der Waals surface area contributed by atoms with Crippen molar-refractivity contribution >= 4 is 17.5 Å². The average Bonchev–Trinajstić information content (AvgIpc) is 2.28. The number of benzene rings is 1. The van der Waals surface area contributed by atoms with Crippen LogP contribution in [0.3, 0.4) is 0 Å². The number of amides is 1. The zero-order valence-corrected chi connectivity index (χ0v) is 10.5. The van der Waals surface area contributed by atoms with Crippen molar-refractivity contribution in [3.05, 3.63) is 29.3 Å². The zero-order valence-electron chi connectivity index (χ0n) is 9.78. The second-order valence-corrected chi connectivity index (χ2v) is 4.18. The standard InChI is InChI=1S/C12H17ClN2O2/c1-9(14)12(16)15-6-3-7-17-11-5-2-4-10(13)8-11/h2,4-5,8-9H,3,6-7,14H2,1H3,(H,15,16). The first-order chi connectivity index (χ1) is 8.09. The van der Waals surface area contributed by atoms with Gasteiger partial charge >= 0.3 is 0 Å². The summed E-state index contributed by atoms with van der Waals surface area (Å²) >= 11 is 5.81. The van der Waals surface area contributed by atoms with E-state index in [-0.39, 0.29) is 5.91 Å². The highest BCUT2D eigenvalue weighted by Crippen LogP contribution is 2.16. The molecule has 0 saturated carbocycles. The summed E-state index contributed by atoms with van der Waals surface area (Å²) < 4.78 is 5.46. The maximum Gasteiger partial charge on any atom is 0.236 e. The highest BCUT2D eigenvalue weighted by atomic mass is 35.5. The van der Waals surface area contributed by atoms with Gasteiger partial charge in [0.05, 0.1) is 12.6 Å². The molecule has 1 aromatic carbocycles. The Kier molecular flexibility index (Phi) is 5.80. The molecule has 1 unspecified atom stereocenters. The lowest BCUT2D eigenvalue weighted by molar-refractivity contribution is -0.121. The van der Waals surface area contributed by atoms with E-state index >= 15 is 0 Å². The first kappa shape index (κ1) is 13.8. The summed E-state index contributed by atoms with van der Waals surface area (Å²) in [7, 11) is 0. The van der Waals surface area contributed by atoms with Gasteiger partial charge in [-0.25, -0.2) is 0 Å².